The molecule has 0 aliphatic heterocycles. The topological polar surface area (TPSA) is 17.1 Å². The van der Waals surface area contributed by atoms with Gasteiger partial charge in [0.1, 0.15) is 5.78 Å². The first-order valence-corrected chi connectivity index (χ1v) is 5.30. The number of hydrogen-bond acceptors (Lipinski definition) is 1. The molecule has 0 amide bonds. The third-order valence-electron chi connectivity index (χ3n) is 3.03. The molecule has 14 heavy (non-hydrogen) atoms. The fraction of sp³-hybridized carbons (Fsp3) is 0.417. The minimum atomic E-state index is 0.291. The monoisotopic (exact) mass is 208 g/mol. The average Bonchev–Trinajstić information content (AvgIpc) is 2.00. The molecule has 1 aliphatic rings. The Morgan fingerprint density at radius 1 is 1.43 bits per heavy atom. The van der Waals surface area contributed by atoms with Gasteiger partial charge in [0.15, 0.2) is 0 Å². The van der Waals surface area contributed by atoms with Crippen LogP contribution in [0.4, 0.5) is 0 Å². The van der Waals surface area contributed by atoms with Gasteiger partial charge in [-0.2, -0.15) is 0 Å². The summed E-state index contributed by atoms with van der Waals surface area (Å²) < 4.78 is 0. The summed E-state index contributed by atoms with van der Waals surface area (Å²) in [6, 6.07) is 7.94. The Hall–Kier alpha value is -0.820. The molecule has 0 saturated heterocycles. The van der Waals surface area contributed by atoms with Crippen LogP contribution in [0.5, 0.6) is 0 Å². The van der Waals surface area contributed by atoms with Crippen molar-refractivity contribution in [3.63, 3.8) is 0 Å². The smallest absolute Gasteiger partial charge is 0.132 e. The predicted molar refractivity (Wildman–Crippen MR) is 57.6 cm³/mol. The van der Waals surface area contributed by atoms with Crippen LogP contribution in [0, 0.1) is 5.92 Å². The summed E-state index contributed by atoms with van der Waals surface area (Å²) in [4.78, 5) is 11.0. The maximum absolute atomic E-state index is 11.0. The van der Waals surface area contributed by atoms with Crippen molar-refractivity contribution in [3.05, 3.63) is 34.9 Å². The van der Waals surface area contributed by atoms with Crippen molar-refractivity contribution < 1.29 is 4.79 Å². The molecule has 1 nitrogen and oxygen atoms in total. The van der Waals surface area contributed by atoms with Crippen LogP contribution in [0.2, 0.25) is 5.02 Å². The number of ketones is 1. The highest BCUT2D eigenvalue weighted by Crippen LogP contribution is 2.42. The van der Waals surface area contributed by atoms with Crippen molar-refractivity contribution in [1.29, 1.82) is 0 Å². The molecule has 2 rings (SSSR count). The van der Waals surface area contributed by atoms with E-state index in [1.807, 2.05) is 18.2 Å². The third-order valence-corrected chi connectivity index (χ3v) is 3.27. The van der Waals surface area contributed by atoms with Gasteiger partial charge in [-0.25, -0.2) is 0 Å². The summed E-state index contributed by atoms with van der Waals surface area (Å²) in [6.45, 7) is 1.68. The van der Waals surface area contributed by atoms with Gasteiger partial charge in [0.25, 0.3) is 0 Å². The van der Waals surface area contributed by atoms with Gasteiger partial charge in [0.05, 0.1) is 0 Å². The second-order valence-corrected chi connectivity index (χ2v) is 4.47. The van der Waals surface area contributed by atoms with Crippen molar-refractivity contribution in [1.82, 2.24) is 0 Å². The van der Waals surface area contributed by atoms with Gasteiger partial charge >= 0.3 is 0 Å². The van der Waals surface area contributed by atoms with Crippen molar-refractivity contribution in [2.45, 2.75) is 25.7 Å². The molecule has 0 heterocycles. The van der Waals surface area contributed by atoms with Crippen molar-refractivity contribution in [2.75, 3.05) is 0 Å². The normalized spacial score (nSPS) is 25.6. The number of Topliss-reactive ketones (excluding diaryl/α,β-unsaturated/α-hetero) is 1. The van der Waals surface area contributed by atoms with E-state index in [1.165, 1.54) is 5.56 Å². The average molecular weight is 209 g/mol. The molecule has 0 atom stereocenters. The molecule has 74 valence electrons. The van der Waals surface area contributed by atoms with Crippen molar-refractivity contribution >= 4 is 17.4 Å². The molecule has 0 aromatic heterocycles. The Labute approximate surface area is 89.1 Å². The van der Waals surface area contributed by atoms with Crippen LogP contribution in [0.25, 0.3) is 0 Å². The summed E-state index contributed by atoms with van der Waals surface area (Å²) in [5, 5.41) is 0.786. The van der Waals surface area contributed by atoms with Crippen LogP contribution < -0.4 is 0 Å². The number of halogens is 1. The minimum absolute atomic E-state index is 0.291. The third kappa shape index (κ3) is 1.83. The van der Waals surface area contributed by atoms with E-state index in [9.17, 15) is 4.79 Å². The van der Waals surface area contributed by atoms with Gasteiger partial charge < -0.3 is 0 Å². The highest BCUT2D eigenvalue weighted by atomic mass is 35.5. The van der Waals surface area contributed by atoms with E-state index in [-0.39, 0.29) is 0 Å². The molecule has 1 aromatic carbocycles. The largest absolute Gasteiger partial charge is 0.300 e. The molecule has 0 bridgehead atoms. The van der Waals surface area contributed by atoms with Gasteiger partial charge in [0.2, 0.25) is 0 Å². The molecule has 1 fully saturated rings. The van der Waals surface area contributed by atoms with Crippen LogP contribution in [0.1, 0.15) is 31.2 Å². The fourth-order valence-electron chi connectivity index (χ4n) is 1.98. The zero-order valence-corrected chi connectivity index (χ0v) is 8.92. The molecular weight excluding hydrogens is 196 g/mol. The lowest BCUT2D eigenvalue weighted by molar-refractivity contribution is -0.123. The molecule has 0 spiro atoms. The Morgan fingerprint density at radius 2 is 2.14 bits per heavy atom. The molecule has 0 radical (unpaired) electrons. The first-order chi connectivity index (χ1) is 6.66. The zero-order chi connectivity index (χ0) is 10.1. The first-order valence-electron chi connectivity index (χ1n) is 4.92. The van der Waals surface area contributed by atoms with Crippen molar-refractivity contribution in [2.24, 2.45) is 5.92 Å². The van der Waals surface area contributed by atoms with E-state index in [2.05, 4.69) is 6.07 Å². The van der Waals surface area contributed by atoms with Gasteiger partial charge in [-0.3, -0.25) is 4.79 Å². The summed E-state index contributed by atoms with van der Waals surface area (Å²) in [7, 11) is 0. The van der Waals surface area contributed by atoms with Crippen LogP contribution in [0.3, 0.4) is 0 Å². The quantitative estimate of drug-likeness (QED) is 0.728. The highest BCUT2D eigenvalue weighted by molar-refractivity contribution is 6.30. The molecule has 1 aromatic rings. The summed E-state index contributed by atoms with van der Waals surface area (Å²) in [6.07, 6.45) is 1.99. The molecular formula is C12H13ClO. The molecule has 1 saturated carbocycles. The summed E-state index contributed by atoms with van der Waals surface area (Å²) >= 11 is 5.90. The minimum Gasteiger partial charge on any atom is -0.300 e. The van der Waals surface area contributed by atoms with Gasteiger partial charge in [-0.15, -0.1) is 0 Å². The Morgan fingerprint density at radius 3 is 2.71 bits per heavy atom. The first kappa shape index (κ1) is 9.72. The van der Waals surface area contributed by atoms with Crippen LogP contribution in [-0.4, -0.2) is 5.78 Å². The van der Waals surface area contributed by atoms with Gasteiger partial charge in [-0.05, 0) is 43.4 Å². The number of benzene rings is 1. The van der Waals surface area contributed by atoms with E-state index < -0.39 is 0 Å². The lowest BCUT2D eigenvalue weighted by atomic mass is 9.70. The number of hydrogen-bond donors (Lipinski definition) is 0. The molecule has 2 heteroatoms. The molecule has 1 aliphatic carbocycles. The Kier molecular flexibility index (Phi) is 2.60. The number of carbonyl (C=O) groups excluding carboxylic acids is 1. The van der Waals surface area contributed by atoms with Crippen molar-refractivity contribution in [3.8, 4) is 0 Å². The maximum Gasteiger partial charge on any atom is 0.132 e. The second kappa shape index (κ2) is 3.74. The SMILES string of the molecule is CC(=O)C1CC(c2cccc(Cl)c2)C1. The van der Waals surface area contributed by atoms with E-state index in [0.29, 0.717) is 17.6 Å². The van der Waals surface area contributed by atoms with Gasteiger partial charge in [0, 0.05) is 10.9 Å². The van der Waals surface area contributed by atoms with Crippen LogP contribution in [-0.2, 0) is 4.79 Å². The van der Waals surface area contributed by atoms with Gasteiger partial charge in [-0.1, -0.05) is 23.7 Å². The lowest BCUT2D eigenvalue weighted by Gasteiger charge is -2.33. The van der Waals surface area contributed by atoms with Crippen LogP contribution in [0.15, 0.2) is 24.3 Å². The molecule has 0 unspecified atom stereocenters. The molecule has 0 N–H and O–H groups in total. The second-order valence-electron chi connectivity index (χ2n) is 4.03. The summed E-state index contributed by atoms with van der Waals surface area (Å²) in [5.41, 5.74) is 1.27. The summed E-state index contributed by atoms with van der Waals surface area (Å²) in [5.74, 6) is 1.16. The van der Waals surface area contributed by atoms with Crippen LogP contribution >= 0.6 is 11.6 Å². The fourth-order valence-corrected chi connectivity index (χ4v) is 2.18. The van der Waals surface area contributed by atoms with E-state index in [1.54, 1.807) is 6.92 Å². The van der Waals surface area contributed by atoms with E-state index in [0.717, 1.165) is 17.9 Å². The number of carbonyl (C=O) groups is 1. The zero-order valence-electron chi connectivity index (χ0n) is 8.16. The highest BCUT2D eigenvalue weighted by Gasteiger charge is 2.32. The van der Waals surface area contributed by atoms with E-state index in [4.69, 9.17) is 11.6 Å². The van der Waals surface area contributed by atoms with E-state index >= 15 is 0 Å². The lowest BCUT2D eigenvalue weighted by Crippen LogP contribution is -2.27. The standard InChI is InChI=1S/C12H13ClO/c1-8(14)10-5-11(6-10)9-3-2-4-12(13)7-9/h2-4,7,10-11H,5-6H2,1H3. The Balaban J connectivity index is 2.03. The Bertz CT molecular complexity index is 353. The predicted octanol–water partition coefficient (Wildman–Crippen LogP) is 3.42. The number of rotatable bonds is 2. The maximum atomic E-state index is 11.0.